The highest BCUT2D eigenvalue weighted by molar-refractivity contribution is 5.92. The Morgan fingerprint density at radius 3 is 2.26 bits per heavy atom. The molecule has 1 aromatic heterocycles. The summed E-state index contributed by atoms with van der Waals surface area (Å²) in [4.78, 5) is 11.9. The third-order valence-corrected chi connectivity index (χ3v) is 6.63. The first-order chi connectivity index (χ1) is 18.7. The van der Waals surface area contributed by atoms with Crippen LogP contribution in [0.2, 0.25) is 0 Å². The summed E-state index contributed by atoms with van der Waals surface area (Å²) in [7, 11) is 1.64. The SMILES string of the molecule is CCCCOc1ccc2c(c1)c(C)c(-c1ccc(OC)cc1)n2Cc1ccc(CC(=O)NCC(F)(F)F)cc1. The fourth-order valence-corrected chi connectivity index (χ4v) is 4.60. The van der Waals surface area contributed by atoms with E-state index in [1.807, 2.05) is 47.8 Å². The number of fused-ring (bicyclic) bond motifs is 1. The number of carbonyl (C=O) groups is 1. The molecule has 206 valence electrons. The molecule has 0 aliphatic carbocycles. The van der Waals surface area contributed by atoms with Crippen LogP contribution in [0.5, 0.6) is 11.5 Å². The molecule has 39 heavy (non-hydrogen) atoms. The van der Waals surface area contributed by atoms with E-state index in [1.165, 1.54) is 0 Å². The number of benzene rings is 3. The molecule has 0 saturated carbocycles. The van der Waals surface area contributed by atoms with Crippen molar-refractivity contribution in [1.82, 2.24) is 9.88 Å². The molecule has 0 aliphatic rings. The van der Waals surface area contributed by atoms with Crippen LogP contribution < -0.4 is 14.8 Å². The summed E-state index contributed by atoms with van der Waals surface area (Å²) in [5.74, 6) is 0.956. The van der Waals surface area contributed by atoms with Crippen molar-refractivity contribution in [3.05, 3.63) is 83.4 Å². The Hall–Kier alpha value is -3.94. The van der Waals surface area contributed by atoms with Gasteiger partial charge >= 0.3 is 6.18 Å². The first-order valence-electron chi connectivity index (χ1n) is 13.0. The van der Waals surface area contributed by atoms with Crippen molar-refractivity contribution < 1.29 is 27.4 Å². The van der Waals surface area contributed by atoms with Crippen molar-refractivity contribution in [2.24, 2.45) is 0 Å². The van der Waals surface area contributed by atoms with Gasteiger partial charge in [0.25, 0.3) is 0 Å². The van der Waals surface area contributed by atoms with Crippen LogP contribution in [0.3, 0.4) is 0 Å². The van der Waals surface area contributed by atoms with E-state index in [9.17, 15) is 18.0 Å². The number of hydrogen-bond donors (Lipinski definition) is 1. The minimum atomic E-state index is -4.43. The second-order valence-electron chi connectivity index (χ2n) is 9.55. The quantitative estimate of drug-likeness (QED) is 0.208. The predicted octanol–water partition coefficient (Wildman–Crippen LogP) is 7.07. The molecule has 3 aromatic carbocycles. The van der Waals surface area contributed by atoms with Crippen LogP contribution in [-0.4, -0.2) is 36.9 Å². The summed E-state index contributed by atoms with van der Waals surface area (Å²) >= 11 is 0. The number of methoxy groups -OCH3 is 1. The highest BCUT2D eigenvalue weighted by Crippen LogP contribution is 2.36. The molecular weight excluding hydrogens is 505 g/mol. The third kappa shape index (κ3) is 7.13. The van der Waals surface area contributed by atoms with Gasteiger partial charge in [0.15, 0.2) is 0 Å². The molecule has 0 unspecified atom stereocenters. The van der Waals surface area contributed by atoms with E-state index in [4.69, 9.17) is 9.47 Å². The van der Waals surface area contributed by atoms with E-state index in [2.05, 4.69) is 30.5 Å². The van der Waals surface area contributed by atoms with Gasteiger partial charge in [-0.15, -0.1) is 0 Å². The molecule has 0 aliphatic heterocycles. The molecule has 1 N–H and O–H groups in total. The predicted molar refractivity (Wildman–Crippen MR) is 147 cm³/mol. The van der Waals surface area contributed by atoms with E-state index in [0.717, 1.165) is 57.6 Å². The maximum absolute atomic E-state index is 12.4. The van der Waals surface area contributed by atoms with Crippen LogP contribution in [0.25, 0.3) is 22.2 Å². The molecule has 4 aromatic rings. The van der Waals surface area contributed by atoms with E-state index >= 15 is 0 Å². The minimum absolute atomic E-state index is 0.111. The Labute approximate surface area is 226 Å². The van der Waals surface area contributed by atoms with E-state index in [-0.39, 0.29) is 6.42 Å². The molecule has 1 heterocycles. The normalized spacial score (nSPS) is 11.5. The van der Waals surface area contributed by atoms with Crippen LogP contribution in [0.15, 0.2) is 66.7 Å². The average molecular weight is 539 g/mol. The van der Waals surface area contributed by atoms with Gasteiger partial charge in [-0.3, -0.25) is 4.79 Å². The van der Waals surface area contributed by atoms with Gasteiger partial charge < -0.3 is 19.4 Å². The summed E-state index contributed by atoms with van der Waals surface area (Å²) in [6, 6.07) is 21.5. The van der Waals surface area contributed by atoms with Gasteiger partial charge in [-0.25, -0.2) is 0 Å². The van der Waals surface area contributed by atoms with Crippen molar-refractivity contribution in [2.45, 2.75) is 45.8 Å². The summed E-state index contributed by atoms with van der Waals surface area (Å²) < 4.78 is 50.7. The monoisotopic (exact) mass is 538 g/mol. The number of nitrogens with zero attached hydrogens (tertiary/aromatic N) is 1. The van der Waals surface area contributed by atoms with Gasteiger partial charge in [-0.05, 0) is 78.1 Å². The van der Waals surface area contributed by atoms with Crippen molar-refractivity contribution in [3.63, 3.8) is 0 Å². The van der Waals surface area contributed by atoms with Gasteiger partial charge in [0.2, 0.25) is 5.91 Å². The zero-order valence-corrected chi connectivity index (χ0v) is 22.4. The van der Waals surface area contributed by atoms with Gasteiger partial charge in [-0.2, -0.15) is 13.2 Å². The number of amides is 1. The molecule has 0 radical (unpaired) electrons. The summed E-state index contributed by atoms with van der Waals surface area (Å²) in [5, 5.41) is 3.02. The van der Waals surface area contributed by atoms with Crippen LogP contribution in [-0.2, 0) is 17.8 Å². The largest absolute Gasteiger partial charge is 0.497 e. The lowest BCUT2D eigenvalue weighted by Crippen LogP contribution is -2.34. The summed E-state index contributed by atoms with van der Waals surface area (Å²) in [6.07, 6.45) is -2.48. The lowest BCUT2D eigenvalue weighted by Gasteiger charge is -2.14. The number of aromatic nitrogens is 1. The second-order valence-corrected chi connectivity index (χ2v) is 9.55. The highest BCUT2D eigenvalue weighted by Gasteiger charge is 2.27. The smallest absolute Gasteiger partial charge is 0.405 e. The Balaban J connectivity index is 1.63. The number of hydrogen-bond acceptors (Lipinski definition) is 3. The zero-order chi connectivity index (χ0) is 28.0. The van der Waals surface area contributed by atoms with Gasteiger partial charge in [-0.1, -0.05) is 37.6 Å². The highest BCUT2D eigenvalue weighted by atomic mass is 19.4. The van der Waals surface area contributed by atoms with Crippen LogP contribution in [0.1, 0.15) is 36.5 Å². The van der Waals surface area contributed by atoms with Gasteiger partial charge in [0, 0.05) is 17.4 Å². The fraction of sp³-hybridized carbons (Fsp3) is 0.323. The average Bonchev–Trinajstić information content (AvgIpc) is 3.19. The topological polar surface area (TPSA) is 52.5 Å². The van der Waals surface area contributed by atoms with E-state index in [0.29, 0.717) is 18.7 Å². The number of halogens is 3. The lowest BCUT2D eigenvalue weighted by molar-refractivity contribution is -0.138. The van der Waals surface area contributed by atoms with Gasteiger partial charge in [0.1, 0.15) is 18.0 Å². The molecule has 0 atom stereocenters. The number of carbonyl (C=O) groups excluding carboxylic acids is 1. The zero-order valence-electron chi connectivity index (χ0n) is 22.4. The molecule has 1 amide bonds. The Morgan fingerprint density at radius 1 is 0.949 bits per heavy atom. The van der Waals surface area contributed by atoms with Gasteiger partial charge in [0.05, 0.1) is 25.8 Å². The number of nitrogens with one attached hydrogen (secondary N) is 1. The molecule has 0 spiro atoms. The Morgan fingerprint density at radius 2 is 1.62 bits per heavy atom. The van der Waals surface area contributed by atoms with Crippen LogP contribution in [0, 0.1) is 6.92 Å². The number of rotatable bonds is 11. The van der Waals surface area contributed by atoms with E-state index < -0.39 is 18.6 Å². The van der Waals surface area contributed by atoms with Crippen LogP contribution >= 0.6 is 0 Å². The van der Waals surface area contributed by atoms with Crippen molar-refractivity contribution in [3.8, 4) is 22.8 Å². The van der Waals surface area contributed by atoms with Crippen LogP contribution in [0.4, 0.5) is 13.2 Å². The van der Waals surface area contributed by atoms with E-state index in [1.54, 1.807) is 19.2 Å². The number of ether oxygens (including phenoxy) is 2. The molecule has 4 rings (SSSR count). The number of unbranched alkanes of at least 4 members (excludes halogenated alkanes) is 1. The number of alkyl halides is 3. The van der Waals surface area contributed by atoms with Crippen molar-refractivity contribution in [2.75, 3.05) is 20.3 Å². The summed E-state index contributed by atoms with van der Waals surface area (Å²) in [6.45, 7) is 4.16. The molecule has 5 nitrogen and oxygen atoms in total. The number of aryl methyl sites for hydroxylation is 1. The Bertz CT molecular complexity index is 1410. The lowest BCUT2D eigenvalue weighted by atomic mass is 10.1. The molecular formula is C31H33F3N2O3. The maximum atomic E-state index is 12.4. The third-order valence-electron chi connectivity index (χ3n) is 6.63. The minimum Gasteiger partial charge on any atom is -0.497 e. The fourth-order valence-electron chi connectivity index (χ4n) is 4.60. The molecule has 8 heteroatoms. The first-order valence-corrected chi connectivity index (χ1v) is 13.0. The molecule has 0 bridgehead atoms. The van der Waals surface area contributed by atoms with Crippen molar-refractivity contribution >= 4 is 16.8 Å². The Kier molecular flexibility index (Phi) is 8.84. The summed E-state index contributed by atoms with van der Waals surface area (Å²) in [5.41, 5.74) is 5.98. The van der Waals surface area contributed by atoms with Crippen molar-refractivity contribution in [1.29, 1.82) is 0 Å². The maximum Gasteiger partial charge on any atom is 0.405 e. The second kappa shape index (κ2) is 12.3. The standard InChI is InChI=1S/C31H33F3N2O3/c1-4-5-16-39-26-14-15-28-27(18-26)21(2)30(24-10-12-25(38-3)13-11-24)36(28)19-23-8-6-22(7-9-23)17-29(37)35-20-31(32,33)34/h6-15,18H,4-5,16-17,19-20H2,1-3H3,(H,35,37). The molecule has 0 fully saturated rings. The molecule has 0 saturated heterocycles. The first kappa shape index (κ1) is 28.1.